The minimum absolute atomic E-state index is 0.863. The van der Waals surface area contributed by atoms with Crippen LogP contribution in [0.15, 0.2) is 0 Å². The first-order valence-electron chi connectivity index (χ1n) is 22.0. The summed E-state index contributed by atoms with van der Waals surface area (Å²) in [5, 5.41) is 194. The second-order valence-corrected chi connectivity index (χ2v) is 17.5. The van der Waals surface area contributed by atoms with Gasteiger partial charge in [0.1, 0.15) is 140 Å². The number of ether oxygens (including phenoxy) is 11. The molecule has 6 aliphatic heterocycles. The Bertz CT molecular complexity index is 1610. The minimum atomic E-state index is -2.21. The van der Waals surface area contributed by atoms with Gasteiger partial charge in [0.05, 0.1) is 39.1 Å². The summed E-state index contributed by atoms with van der Waals surface area (Å²) >= 11 is 0. The average Bonchev–Trinajstić information content (AvgIpc) is 3.32. The zero-order valence-electron chi connectivity index (χ0n) is 36.8. The lowest BCUT2D eigenvalue weighted by Gasteiger charge is -2.51. The van der Waals surface area contributed by atoms with Gasteiger partial charge >= 0.3 is 0 Å². The second-order valence-electron chi connectivity index (χ2n) is 17.5. The lowest BCUT2D eigenvalue weighted by atomic mass is 9.94. The highest BCUT2D eigenvalue weighted by Crippen LogP contribution is 2.37. The standard InChI is InChI=1S/C38H65NO30/c1-8-16(46)20(50)25(55)35(59-8)69-32-21(51)17(47)10(3-40)63-38(32)67-30-15(39-9(2)45)34(61-11(4-41)18(30)48)68-31-19(49)12(5-42)62-37(27(31)57)66-29-14(7-44)64-36(26(56)23(29)53)65-28-13(6-43)60-33(58)24(54)22(28)52/h8,10-38,40-44,46-58H,3-7H2,1-2H3,(H,39,45)/t8-,10+,11+,12+,13+,14+,15+,16+,17-,18+,19-,20+,21-,22+,23+,24+,25-,26+,27+,28+,29-,30+,31-,32+,33?,34-,35-,36-,37+,38-/m0/s1. The van der Waals surface area contributed by atoms with Gasteiger partial charge in [-0.2, -0.15) is 0 Å². The van der Waals surface area contributed by atoms with E-state index in [1.54, 1.807) is 0 Å². The predicted octanol–water partition coefficient (Wildman–Crippen LogP) is -12.9. The van der Waals surface area contributed by atoms with E-state index in [1.165, 1.54) is 6.92 Å². The molecule has 0 aromatic rings. The van der Waals surface area contributed by atoms with Crippen molar-refractivity contribution in [3.05, 3.63) is 0 Å². The third kappa shape index (κ3) is 11.8. The van der Waals surface area contributed by atoms with Crippen LogP contribution in [0.1, 0.15) is 13.8 Å². The number of rotatable bonds is 16. The molecule has 0 aliphatic carbocycles. The van der Waals surface area contributed by atoms with Gasteiger partial charge in [-0.05, 0) is 6.92 Å². The first kappa shape index (κ1) is 56.6. The molecule has 6 fully saturated rings. The minimum Gasteiger partial charge on any atom is -0.394 e. The van der Waals surface area contributed by atoms with Gasteiger partial charge in [-0.1, -0.05) is 0 Å². The van der Waals surface area contributed by atoms with Crippen LogP contribution in [0.3, 0.4) is 0 Å². The zero-order chi connectivity index (χ0) is 50.9. The van der Waals surface area contributed by atoms with Crippen molar-refractivity contribution < 1.29 is 149 Å². The van der Waals surface area contributed by atoms with Crippen molar-refractivity contribution in [1.82, 2.24) is 5.32 Å². The van der Waals surface area contributed by atoms with E-state index in [9.17, 15) is 96.7 Å². The molecule has 6 heterocycles. The normalized spacial score (nSPS) is 52.1. The first-order valence-corrected chi connectivity index (χ1v) is 22.0. The highest BCUT2D eigenvalue weighted by atomic mass is 16.8. The summed E-state index contributed by atoms with van der Waals surface area (Å²) in [4.78, 5) is 12.7. The smallest absolute Gasteiger partial charge is 0.217 e. The molecule has 31 heteroatoms. The maximum atomic E-state index is 12.7. The Kier molecular flexibility index (Phi) is 19.8. The maximum absolute atomic E-state index is 12.7. The number of aliphatic hydroxyl groups is 18. The van der Waals surface area contributed by atoms with Gasteiger partial charge in [0.15, 0.2) is 37.7 Å². The van der Waals surface area contributed by atoms with Crippen LogP contribution in [-0.2, 0) is 56.9 Å². The molecule has 31 nitrogen and oxygen atoms in total. The topological polar surface area (TPSA) is 495 Å². The Morgan fingerprint density at radius 3 is 1.33 bits per heavy atom. The van der Waals surface area contributed by atoms with Crippen LogP contribution in [0.25, 0.3) is 0 Å². The fourth-order valence-electron chi connectivity index (χ4n) is 8.84. The molecule has 402 valence electrons. The summed E-state index contributed by atoms with van der Waals surface area (Å²) in [5.74, 6) is -0.863. The predicted molar refractivity (Wildman–Crippen MR) is 209 cm³/mol. The molecule has 0 aromatic heterocycles. The molecule has 30 atom stereocenters. The SMILES string of the molecule is CC(=O)N[C@H]1[C@H](O[C@H]2[C@@H](O)[C@@H](CO)O[C@H](O[C@@H]3[C@H](O)[C@@H](O)[C@H](O[C@H]4[C@H](O)[C@@H](O)C(O)O[C@@H]4CO)O[C@@H]3CO)[C@@H]2O)O[C@H](CO)[C@@H](O)[C@@H]1O[C@@H]1O[C@H](CO)[C@H](O)[C@H](O)[C@H]1O[C@@H]1O[C@@H](C)[C@@H](O)[C@@H](O)[C@@H]1O. The number of carbonyl (C=O) groups excluding carboxylic acids is 1. The van der Waals surface area contributed by atoms with Crippen LogP contribution in [0.5, 0.6) is 0 Å². The second kappa shape index (κ2) is 24.1. The van der Waals surface area contributed by atoms with Crippen LogP contribution in [0.4, 0.5) is 0 Å². The summed E-state index contributed by atoms with van der Waals surface area (Å²) in [6.45, 7) is -2.55. The Morgan fingerprint density at radius 1 is 0.377 bits per heavy atom. The summed E-state index contributed by atoms with van der Waals surface area (Å²) in [7, 11) is 0. The number of hydrogen-bond donors (Lipinski definition) is 19. The third-order valence-electron chi connectivity index (χ3n) is 12.8. The maximum Gasteiger partial charge on any atom is 0.217 e. The van der Waals surface area contributed by atoms with Crippen LogP contribution < -0.4 is 5.32 Å². The van der Waals surface area contributed by atoms with Crippen molar-refractivity contribution in [3.63, 3.8) is 0 Å². The molecule has 0 saturated carbocycles. The van der Waals surface area contributed by atoms with E-state index in [0.29, 0.717) is 0 Å². The molecule has 19 N–H and O–H groups in total. The number of carbonyl (C=O) groups is 1. The summed E-state index contributed by atoms with van der Waals surface area (Å²) in [5.41, 5.74) is 0. The van der Waals surface area contributed by atoms with Gasteiger partial charge in [-0.15, -0.1) is 0 Å². The van der Waals surface area contributed by atoms with Gasteiger partial charge in [0.2, 0.25) is 5.91 Å². The van der Waals surface area contributed by atoms with E-state index in [2.05, 4.69) is 5.32 Å². The Hall–Kier alpha value is -1.69. The molecule has 6 rings (SSSR count). The van der Waals surface area contributed by atoms with Gasteiger partial charge in [0, 0.05) is 6.92 Å². The molecular weight excluding hydrogens is 950 g/mol. The summed E-state index contributed by atoms with van der Waals surface area (Å²) in [6, 6.07) is -1.79. The molecule has 1 unspecified atom stereocenters. The quantitative estimate of drug-likeness (QED) is 0.0682. The lowest BCUT2D eigenvalue weighted by Crippen LogP contribution is -2.70. The van der Waals surface area contributed by atoms with Gasteiger partial charge < -0.3 is 149 Å². The first-order chi connectivity index (χ1) is 32.6. The Balaban J connectivity index is 1.23. The third-order valence-corrected chi connectivity index (χ3v) is 12.8. The van der Waals surface area contributed by atoms with Crippen molar-refractivity contribution in [3.8, 4) is 0 Å². The molecule has 0 aromatic carbocycles. The van der Waals surface area contributed by atoms with E-state index in [-0.39, 0.29) is 0 Å². The lowest BCUT2D eigenvalue weighted by molar-refractivity contribution is -0.393. The van der Waals surface area contributed by atoms with E-state index >= 15 is 0 Å². The molecule has 6 aliphatic rings. The molecular formula is C38H65NO30. The fourth-order valence-corrected chi connectivity index (χ4v) is 8.84. The van der Waals surface area contributed by atoms with E-state index in [0.717, 1.165) is 6.92 Å². The number of aliphatic hydroxyl groups excluding tert-OH is 18. The Morgan fingerprint density at radius 2 is 0.768 bits per heavy atom. The van der Waals surface area contributed by atoms with Crippen LogP contribution in [0.2, 0.25) is 0 Å². The molecule has 0 spiro atoms. The fraction of sp³-hybridized carbons (Fsp3) is 0.974. The van der Waals surface area contributed by atoms with Crippen molar-refractivity contribution in [2.45, 2.75) is 198 Å². The van der Waals surface area contributed by atoms with Crippen molar-refractivity contribution in [2.75, 3.05) is 33.0 Å². The largest absolute Gasteiger partial charge is 0.394 e. The van der Waals surface area contributed by atoms with Crippen molar-refractivity contribution >= 4 is 5.91 Å². The monoisotopic (exact) mass is 1020 g/mol. The van der Waals surface area contributed by atoms with Crippen LogP contribution >= 0.6 is 0 Å². The number of nitrogens with one attached hydrogen (secondary N) is 1. The summed E-state index contributed by atoms with van der Waals surface area (Å²) in [6.07, 6.45) is -54.3. The summed E-state index contributed by atoms with van der Waals surface area (Å²) < 4.78 is 62.4. The van der Waals surface area contributed by atoms with E-state index < -0.39 is 223 Å². The van der Waals surface area contributed by atoms with Gasteiger partial charge in [0.25, 0.3) is 0 Å². The average molecular weight is 1020 g/mol. The molecule has 6 saturated heterocycles. The highest BCUT2D eigenvalue weighted by Gasteiger charge is 2.58. The molecule has 0 bridgehead atoms. The molecule has 1 amide bonds. The van der Waals surface area contributed by atoms with Gasteiger partial charge in [-0.3, -0.25) is 4.79 Å². The van der Waals surface area contributed by atoms with E-state index in [4.69, 9.17) is 52.1 Å². The highest BCUT2D eigenvalue weighted by molar-refractivity contribution is 5.73. The molecule has 0 radical (unpaired) electrons. The van der Waals surface area contributed by atoms with Crippen molar-refractivity contribution in [1.29, 1.82) is 0 Å². The molecule has 69 heavy (non-hydrogen) atoms. The van der Waals surface area contributed by atoms with Crippen LogP contribution in [0, 0.1) is 0 Å². The van der Waals surface area contributed by atoms with Gasteiger partial charge in [-0.25, -0.2) is 0 Å². The van der Waals surface area contributed by atoms with Crippen LogP contribution in [-0.4, -0.2) is 315 Å². The zero-order valence-corrected chi connectivity index (χ0v) is 36.8. The number of amides is 1. The Labute approximate surface area is 390 Å². The number of hydrogen-bond acceptors (Lipinski definition) is 30. The van der Waals surface area contributed by atoms with E-state index in [1.807, 2.05) is 0 Å². The van der Waals surface area contributed by atoms with Crippen molar-refractivity contribution in [2.24, 2.45) is 0 Å².